The molecule has 8 nitrogen and oxygen atoms in total. The number of likely N-dealkylation sites (tertiary alicyclic amines) is 1. The van der Waals surface area contributed by atoms with Gasteiger partial charge < -0.3 is 19.3 Å². The summed E-state index contributed by atoms with van der Waals surface area (Å²) in [6.45, 7) is 9.16. The molecule has 7 rings (SSSR count). The van der Waals surface area contributed by atoms with E-state index in [-0.39, 0.29) is 17.8 Å². The number of nitrogens with zero attached hydrogens (tertiary/aromatic N) is 6. The zero-order valence-corrected chi connectivity index (χ0v) is 21.9. The van der Waals surface area contributed by atoms with E-state index in [4.69, 9.17) is 9.47 Å². The number of hydrogen-bond acceptors (Lipinski definition) is 8. The first-order chi connectivity index (χ1) is 18.6. The molecule has 8 heteroatoms. The van der Waals surface area contributed by atoms with Crippen LogP contribution in [0.4, 0.5) is 11.4 Å². The monoisotopic (exact) mass is 510 g/mol. The maximum absolute atomic E-state index is 9.53. The molecule has 1 spiro atoms. The number of fused-ring (bicyclic) bond motifs is 1. The number of hydrogen-bond donors (Lipinski definition) is 0. The van der Waals surface area contributed by atoms with Crippen LogP contribution in [-0.4, -0.2) is 85.1 Å². The van der Waals surface area contributed by atoms with E-state index in [1.54, 1.807) is 6.20 Å². The Hall–Kier alpha value is -3.25. The highest BCUT2D eigenvalue weighted by Gasteiger charge is 2.48. The van der Waals surface area contributed by atoms with Crippen LogP contribution >= 0.6 is 0 Å². The topological polar surface area (TPSA) is 77.8 Å². The molecular formula is C30H34N6O2. The van der Waals surface area contributed by atoms with Gasteiger partial charge in [-0.05, 0) is 56.2 Å². The summed E-state index contributed by atoms with van der Waals surface area (Å²) in [6.07, 6.45) is 6.51. The van der Waals surface area contributed by atoms with Gasteiger partial charge in [-0.1, -0.05) is 0 Å². The second kappa shape index (κ2) is 9.49. The van der Waals surface area contributed by atoms with Crippen LogP contribution in [0.15, 0.2) is 48.8 Å². The SMILES string of the molecule is C[C@@H]1CN(c2ccc(C#N)c3ncccc23)C[C@H](CN2CC3(C2)CN(c2ccnc(C4CC4)c2)CCO3)O1. The van der Waals surface area contributed by atoms with Crippen molar-refractivity contribution < 1.29 is 9.47 Å². The third kappa shape index (κ3) is 4.49. The molecule has 0 radical (unpaired) electrons. The van der Waals surface area contributed by atoms with Crippen LogP contribution < -0.4 is 9.80 Å². The molecule has 3 aromatic rings. The molecule has 1 aliphatic carbocycles. The summed E-state index contributed by atoms with van der Waals surface area (Å²) in [5.74, 6) is 0.667. The molecule has 0 N–H and O–H groups in total. The average Bonchev–Trinajstić information content (AvgIpc) is 3.77. The molecule has 4 fully saturated rings. The molecule has 0 bridgehead atoms. The maximum atomic E-state index is 9.53. The Kier molecular flexibility index (Phi) is 5.96. The third-order valence-corrected chi connectivity index (χ3v) is 8.39. The highest BCUT2D eigenvalue weighted by Crippen LogP contribution is 2.40. The third-order valence-electron chi connectivity index (χ3n) is 8.39. The van der Waals surface area contributed by atoms with Crippen LogP contribution in [0.2, 0.25) is 0 Å². The minimum Gasteiger partial charge on any atom is -0.370 e. The molecule has 3 aliphatic heterocycles. The van der Waals surface area contributed by atoms with Crippen molar-refractivity contribution in [2.45, 2.75) is 43.5 Å². The van der Waals surface area contributed by atoms with Crippen molar-refractivity contribution in [2.24, 2.45) is 0 Å². The maximum Gasteiger partial charge on any atom is 0.111 e. The number of ether oxygens (including phenoxy) is 2. The van der Waals surface area contributed by atoms with Crippen LogP contribution in [0, 0.1) is 11.3 Å². The number of rotatable bonds is 5. The van der Waals surface area contributed by atoms with Gasteiger partial charge in [0.1, 0.15) is 11.7 Å². The van der Waals surface area contributed by atoms with Gasteiger partial charge in [0.15, 0.2) is 0 Å². The summed E-state index contributed by atoms with van der Waals surface area (Å²) in [5.41, 5.74) is 4.94. The van der Waals surface area contributed by atoms with Crippen molar-refractivity contribution >= 4 is 22.3 Å². The number of nitriles is 1. The van der Waals surface area contributed by atoms with Crippen LogP contribution in [0.1, 0.15) is 36.9 Å². The molecule has 38 heavy (non-hydrogen) atoms. The molecule has 4 aliphatic rings. The normalized spacial score (nSPS) is 25.4. The van der Waals surface area contributed by atoms with Gasteiger partial charge in [-0.25, -0.2) is 0 Å². The van der Waals surface area contributed by atoms with Crippen molar-refractivity contribution in [3.8, 4) is 6.07 Å². The quantitative estimate of drug-likeness (QED) is 0.516. The van der Waals surface area contributed by atoms with E-state index in [1.807, 2.05) is 18.3 Å². The lowest BCUT2D eigenvalue weighted by Crippen LogP contribution is -2.71. The Labute approximate surface area is 223 Å². The van der Waals surface area contributed by atoms with Crippen LogP contribution in [0.25, 0.3) is 10.9 Å². The molecule has 0 unspecified atom stereocenters. The Bertz CT molecular complexity index is 1380. The Morgan fingerprint density at radius 3 is 2.79 bits per heavy atom. The summed E-state index contributed by atoms with van der Waals surface area (Å²) in [7, 11) is 0. The zero-order chi connectivity index (χ0) is 25.7. The first-order valence-corrected chi connectivity index (χ1v) is 13.8. The summed E-state index contributed by atoms with van der Waals surface area (Å²) >= 11 is 0. The minimum atomic E-state index is -0.101. The van der Waals surface area contributed by atoms with E-state index in [2.05, 4.69) is 61.9 Å². The Morgan fingerprint density at radius 1 is 1.05 bits per heavy atom. The van der Waals surface area contributed by atoms with Crippen molar-refractivity contribution in [1.29, 1.82) is 5.26 Å². The van der Waals surface area contributed by atoms with E-state index in [0.717, 1.165) is 69.0 Å². The second-order valence-electron chi connectivity index (χ2n) is 11.5. The van der Waals surface area contributed by atoms with E-state index in [1.165, 1.54) is 24.2 Å². The molecule has 2 aromatic heterocycles. The van der Waals surface area contributed by atoms with Crippen LogP contribution in [0.5, 0.6) is 0 Å². The molecule has 0 amide bonds. The van der Waals surface area contributed by atoms with Gasteiger partial charge >= 0.3 is 0 Å². The van der Waals surface area contributed by atoms with Crippen molar-refractivity contribution in [1.82, 2.24) is 14.9 Å². The van der Waals surface area contributed by atoms with Gasteiger partial charge in [0, 0.05) is 86.6 Å². The predicted octanol–water partition coefficient (Wildman–Crippen LogP) is 3.56. The Morgan fingerprint density at radius 2 is 1.95 bits per heavy atom. The largest absolute Gasteiger partial charge is 0.370 e. The summed E-state index contributed by atoms with van der Waals surface area (Å²) < 4.78 is 12.8. The van der Waals surface area contributed by atoms with Gasteiger partial charge in [-0.3, -0.25) is 14.9 Å². The van der Waals surface area contributed by atoms with E-state index in [9.17, 15) is 5.26 Å². The average molecular weight is 511 g/mol. The van der Waals surface area contributed by atoms with Crippen LogP contribution in [-0.2, 0) is 9.47 Å². The molecule has 5 heterocycles. The lowest BCUT2D eigenvalue weighted by molar-refractivity contribution is -0.161. The second-order valence-corrected chi connectivity index (χ2v) is 11.5. The number of aromatic nitrogens is 2. The van der Waals surface area contributed by atoms with Gasteiger partial charge in [-0.2, -0.15) is 5.26 Å². The smallest absolute Gasteiger partial charge is 0.111 e. The molecular weight excluding hydrogens is 476 g/mol. The number of benzene rings is 1. The lowest BCUT2D eigenvalue weighted by Gasteiger charge is -2.55. The van der Waals surface area contributed by atoms with Crippen LogP contribution in [0.3, 0.4) is 0 Å². The fraction of sp³-hybridized carbons (Fsp3) is 0.500. The summed E-state index contributed by atoms with van der Waals surface area (Å²) in [5, 5.41) is 10.6. The molecule has 196 valence electrons. The molecule has 1 saturated carbocycles. The summed E-state index contributed by atoms with van der Waals surface area (Å²) in [4.78, 5) is 16.5. The van der Waals surface area contributed by atoms with Gasteiger partial charge in [0.25, 0.3) is 0 Å². The first kappa shape index (κ1) is 23.8. The Balaban J connectivity index is 1.01. The first-order valence-electron chi connectivity index (χ1n) is 13.8. The molecule has 1 aromatic carbocycles. The summed E-state index contributed by atoms with van der Waals surface area (Å²) in [6, 6.07) is 14.7. The van der Waals surface area contributed by atoms with Crippen molar-refractivity contribution in [3.63, 3.8) is 0 Å². The lowest BCUT2D eigenvalue weighted by atomic mass is 9.91. The highest BCUT2D eigenvalue weighted by atomic mass is 16.5. The van der Waals surface area contributed by atoms with Gasteiger partial charge in [0.2, 0.25) is 0 Å². The predicted molar refractivity (Wildman–Crippen MR) is 147 cm³/mol. The number of pyridine rings is 2. The fourth-order valence-corrected chi connectivity index (χ4v) is 6.54. The standard InChI is InChI=1S/C30H34N6O2/c1-21-15-36(28-7-6-23(14-31)29-26(28)3-2-9-33-29)17-25(38-21)16-34-18-30(19-34)20-35(11-12-37-30)24-8-10-32-27(13-24)22-4-5-22/h2-3,6-10,13,21-22,25H,4-5,11-12,15-20H2,1H3/t21-,25+/m1/s1. The zero-order valence-electron chi connectivity index (χ0n) is 21.9. The van der Waals surface area contributed by atoms with E-state index >= 15 is 0 Å². The molecule has 3 saturated heterocycles. The molecule has 2 atom stereocenters. The highest BCUT2D eigenvalue weighted by molar-refractivity contribution is 5.95. The van der Waals surface area contributed by atoms with E-state index in [0.29, 0.717) is 11.5 Å². The van der Waals surface area contributed by atoms with Crippen molar-refractivity contribution in [3.05, 3.63) is 60.0 Å². The van der Waals surface area contributed by atoms with Crippen molar-refractivity contribution in [2.75, 3.05) is 62.2 Å². The van der Waals surface area contributed by atoms with E-state index < -0.39 is 0 Å². The van der Waals surface area contributed by atoms with Gasteiger partial charge in [0.05, 0.1) is 29.9 Å². The number of anilines is 2. The minimum absolute atomic E-state index is 0.101. The fourth-order valence-electron chi connectivity index (χ4n) is 6.54. The number of morpholine rings is 2. The van der Waals surface area contributed by atoms with Gasteiger partial charge in [-0.15, -0.1) is 0 Å².